The Bertz CT molecular complexity index is 371. The SMILES string of the molecule is CCCC(C)(C)NC(=O)N1C(C(=O)O)CSC1C(C)C. The number of thioether (sulfide) groups is 1. The summed E-state index contributed by atoms with van der Waals surface area (Å²) in [7, 11) is 0. The summed E-state index contributed by atoms with van der Waals surface area (Å²) in [5.41, 5.74) is -0.316. The van der Waals surface area contributed by atoms with Gasteiger partial charge in [-0.2, -0.15) is 0 Å². The predicted octanol–water partition coefficient (Wildman–Crippen LogP) is 2.76. The number of nitrogens with zero attached hydrogens (tertiary/aromatic N) is 1. The molecule has 6 heteroatoms. The summed E-state index contributed by atoms with van der Waals surface area (Å²) in [4.78, 5) is 25.4. The lowest BCUT2D eigenvalue weighted by Crippen LogP contribution is -2.56. The van der Waals surface area contributed by atoms with Crippen LogP contribution in [0, 0.1) is 5.92 Å². The van der Waals surface area contributed by atoms with E-state index in [0.717, 1.165) is 12.8 Å². The number of hydrogen-bond donors (Lipinski definition) is 2. The molecule has 0 saturated carbocycles. The van der Waals surface area contributed by atoms with E-state index in [1.807, 2.05) is 27.7 Å². The van der Waals surface area contributed by atoms with E-state index < -0.39 is 12.0 Å². The summed E-state index contributed by atoms with van der Waals surface area (Å²) in [5, 5.41) is 12.2. The number of carbonyl (C=O) groups is 2. The molecule has 0 aromatic heterocycles. The Labute approximate surface area is 125 Å². The van der Waals surface area contributed by atoms with Gasteiger partial charge in [0.05, 0.1) is 5.37 Å². The smallest absolute Gasteiger partial charge is 0.327 e. The first-order valence-corrected chi connectivity index (χ1v) is 8.19. The molecule has 1 aliphatic heterocycles. The van der Waals surface area contributed by atoms with Gasteiger partial charge in [-0.05, 0) is 26.2 Å². The van der Waals surface area contributed by atoms with Crippen LogP contribution in [0.4, 0.5) is 4.79 Å². The molecule has 1 aliphatic rings. The molecule has 0 aliphatic carbocycles. The van der Waals surface area contributed by atoms with Gasteiger partial charge in [0.25, 0.3) is 0 Å². The third-order valence-corrected chi connectivity index (χ3v) is 5.07. The van der Waals surface area contributed by atoms with Crippen molar-refractivity contribution in [2.45, 2.75) is 64.4 Å². The van der Waals surface area contributed by atoms with Crippen LogP contribution >= 0.6 is 11.8 Å². The zero-order valence-corrected chi connectivity index (χ0v) is 13.8. The molecule has 0 bridgehead atoms. The van der Waals surface area contributed by atoms with E-state index in [-0.39, 0.29) is 22.9 Å². The predicted molar refractivity (Wildman–Crippen MR) is 81.9 cm³/mol. The van der Waals surface area contributed by atoms with Crippen LogP contribution in [0.15, 0.2) is 0 Å². The molecule has 2 amide bonds. The van der Waals surface area contributed by atoms with Gasteiger partial charge in [-0.1, -0.05) is 27.2 Å². The highest BCUT2D eigenvalue weighted by atomic mass is 32.2. The van der Waals surface area contributed by atoms with Crippen LogP contribution in [0.3, 0.4) is 0 Å². The molecule has 2 atom stereocenters. The average molecular weight is 302 g/mol. The average Bonchev–Trinajstić information content (AvgIpc) is 2.72. The summed E-state index contributed by atoms with van der Waals surface area (Å²) < 4.78 is 0. The highest BCUT2D eigenvalue weighted by Crippen LogP contribution is 2.34. The lowest BCUT2D eigenvalue weighted by molar-refractivity contribution is -0.141. The lowest BCUT2D eigenvalue weighted by Gasteiger charge is -2.34. The van der Waals surface area contributed by atoms with Gasteiger partial charge in [0.15, 0.2) is 0 Å². The molecular weight excluding hydrogens is 276 g/mol. The number of amides is 2. The molecule has 0 aromatic rings. The second kappa shape index (κ2) is 6.70. The van der Waals surface area contributed by atoms with Gasteiger partial charge in [-0.15, -0.1) is 11.8 Å². The fourth-order valence-electron chi connectivity index (χ4n) is 2.53. The van der Waals surface area contributed by atoms with Crippen molar-refractivity contribution in [2.75, 3.05) is 5.75 Å². The molecule has 0 aromatic carbocycles. The Balaban J connectivity index is 2.87. The van der Waals surface area contributed by atoms with E-state index in [9.17, 15) is 14.7 Å². The van der Waals surface area contributed by atoms with Gasteiger partial charge in [0, 0.05) is 11.3 Å². The number of carboxylic acid groups (broad SMARTS) is 1. The summed E-state index contributed by atoms with van der Waals surface area (Å²) in [5.74, 6) is -0.242. The zero-order chi connectivity index (χ0) is 15.5. The zero-order valence-electron chi connectivity index (χ0n) is 13.0. The maximum absolute atomic E-state index is 12.5. The first-order chi connectivity index (χ1) is 9.19. The Morgan fingerprint density at radius 3 is 2.50 bits per heavy atom. The maximum atomic E-state index is 12.5. The van der Waals surface area contributed by atoms with Gasteiger partial charge in [0.2, 0.25) is 0 Å². The van der Waals surface area contributed by atoms with Gasteiger partial charge in [-0.3, -0.25) is 4.90 Å². The molecule has 1 saturated heterocycles. The van der Waals surface area contributed by atoms with Crippen molar-refractivity contribution in [3.05, 3.63) is 0 Å². The first-order valence-electron chi connectivity index (χ1n) is 7.14. The van der Waals surface area contributed by atoms with Gasteiger partial charge in [-0.25, -0.2) is 9.59 Å². The molecule has 5 nitrogen and oxygen atoms in total. The minimum absolute atomic E-state index is 0.0754. The molecule has 2 unspecified atom stereocenters. The fraction of sp³-hybridized carbons (Fsp3) is 0.857. The van der Waals surface area contributed by atoms with Crippen molar-refractivity contribution in [1.29, 1.82) is 0 Å². The topological polar surface area (TPSA) is 69.6 Å². The number of hydrogen-bond acceptors (Lipinski definition) is 3. The molecule has 1 heterocycles. The van der Waals surface area contributed by atoms with Crippen LogP contribution in [-0.4, -0.2) is 44.7 Å². The highest BCUT2D eigenvalue weighted by Gasteiger charge is 2.43. The van der Waals surface area contributed by atoms with E-state index in [1.54, 1.807) is 11.8 Å². The minimum Gasteiger partial charge on any atom is -0.480 e. The standard InChI is InChI=1S/C14H26N2O3S/c1-6-7-14(4,5)15-13(19)16-10(12(17)18)8-20-11(16)9(2)3/h9-11H,6-8H2,1-5H3,(H,15,19)(H,17,18). The second-order valence-corrected chi connectivity index (χ2v) is 7.44. The molecule has 20 heavy (non-hydrogen) atoms. The third-order valence-electron chi connectivity index (χ3n) is 3.44. The van der Waals surface area contributed by atoms with Gasteiger partial charge < -0.3 is 10.4 Å². The number of aliphatic carboxylic acids is 1. The van der Waals surface area contributed by atoms with Crippen molar-refractivity contribution >= 4 is 23.8 Å². The van der Waals surface area contributed by atoms with Crippen molar-refractivity contribution in [1.82, 2.24) is 10.2 Å². The highest BCUT2D eigenvalue weighted by molar-refractivity contribution is 8.00. The fourth-order valence-corrected chi connectivity index (χ4v) is 4.00. The molecule has 0 spiro atoms. The number of carboxylic acids is 1. The van der Waals surface area contributed by atoms with Crippen LogP contribution < -0.4 is 5.32 Å². The Morgan fingerprint density at radius 2 is 2.05 bits per heavy atom. The molecule has 116 valence electrons. The normalized spacial score (nSPS) is 23.2. The Morgan fingerprint density at radius 1 is 1.45 bits per heavy atom. The lowest BCUT2D eigenvalue weighted by atomic mass is 9.99. The van der Waals surface area contributed by atoms with Gasteiger partial charge >= 0.3 is 12.0 Å². The number of nitrogens with one attached hydrogen (secondary N) is 1. The van der Waals surface area contributed by atoms with Crippen LogP contribution in [0.2, 0.25) is 0 Å². The van der Waals surface area contributed by atoms with E-state index in [4.69, 9.17) is 0 Å². The molecule has 1 rings (SSSR count). The summed E-state index contributed by atoms with van der Waals surface area (Å²) in [6, 6.07) is -0.996. The first kappa shape index (κ1) is 17.1. The number of rotatable bonds is 5. The van der Waals surface area contributed by atoms with E-state index in [2.05, 4.69) is 12.2 Å². The second-order valence-electron chi connectivity index (χ2n) is 6.29. The van der Waals surface area contributed by atoms with Crippen LogP contribution in [0.5, 0.6) is 0 Å². The van der Waals surface area contributed by atoms with E-state index in [0.29, 0.717) is 5.75 Å². The van der Waals surface area contributed by atoms with Crippen LogP contribution in [-0.2, 0) is 4.79 Å². The summed E-state index contributed by atoms with van der Waals surface area (Å²) in [6.45, 7) is 10.0. The van der Waals surface area contributed by atoms with Crippen molar-refractivity contribution < 1.29 is 14.7 Å². The van der Waals surface area contributed by atoms with Crippen LogP contribution in [0.25, 0.3) is 0 Å². The molecule has 0 radical (unpaired) electrons. The molecule has 1 fully saturated rings. The van der Waals surface area contributed by atoms with Crippen LogP contribution in [0.1, 0.15) is 47.5 Å². The molecule has 2 N–H and O–H groups in total. The Kier molecular flexibility index (Phi) is 5.74. The van der Waals surface area contributed by atoms with Crippen molar-refractivity contribution in [2.24, 2.45) is 5.92 Å². The monoisotopic (exact) mass is 302 g/mol. The summed E-state index contributed by atoms with van der Waals surface area (Å²) >= 11 is 1.55. The number of carbonyl (C=O) groups excluding carboxylic acids is 1. The van der Waals surface area contributed by atoms with E-state index in [1.165, 1.54) is 4.90 Å². The number of urea groups is 1. The maximum Gasteiger partial charge on any atom is 0.327 e. The largest absolute Gasteiger partial charge is 0.480 e. The summed E-state index contributed by atoms with van der Waals surface area (Å²) in [6.07, 6.45) is 1.84. The van der Waals surface area contributed by atoms with Crippen molar-refractivity contribution in [3.63, 3.8) is 0 Å². The Hall–Kier alpha value is -0.910. The van der Waals surface area contributed by atoms with Gasteiger partial charge in [0.1, 0.15) is 6.04 Å². The molecular formula is C14H26N2O3S. The van der Waals surface area contributed by atoms with E-state index >= 15 is 0 Å². The quantitative estimate of drug-likeness (QED) is 0.819. The minimum atomic E-state index is -0.927. The van der Waals surface area contributed by atoms with Crippen molar-refractivity contribution in [3.8, 4) is 0 Å². The third kappa shape index (κ3) is 4.04.